The Hall–Kier alpha value is -1.39. The lowest BCUT2D eigenvalue weighted by Gasteiger charge is -2.27. The number of nitrogens with zero attached hydrogens (tertiary/aromatic N) is 1. The van der Waals surface area contributed by atoms with Gasteiger partial charge in [-0.2, -0.15) is 0 Å². The molecule has 2 rings (SSSR count). The van der Waals surface area contributed by atoms with Crippen molar-refractivity contribution in [2.24, 2.45) is 0 Å². The van der Waals surface area contributed by atoms with Crippen LogP contribution in [0.2, 0.25) is 0 Å². The highest BCUT2D eigenvalue weighted by Gasteiger charge is 2.15. The van der Waals surface area contributed by atoms with E-state index in [1.807, 2.05) is 19.9 Å². The molecule has 1 aliphatic heterocycles. The number of carbonyl (C=O) groups excluding carboxylic acids is 1. The molecular formula is C15H22N2O2. The Balaban J connectivity index is 2.20. The predicted molar refractivity (Wildman–Crippen MR) is 75.4 cm³/mol. The normalized spacial score (nSPS) is 16.4. The van der Waals surface area contributed by atoms with E-state index in [9.17, 15) is 4.79 Å². The van der Waals surface area contributed by atoms with Gasteiger partial charge in [0.1, 0.15) is 0 Å². The van der Waals surface area contributed by atoms with Crippen LogP contribution in [0.1, 0.15) is 27.0 Å². The van der Waals surface area contributed by atoms with Crippen LogP contribution < -0.4 is 5.32 Å². The van der Waals surface area contributed by atoms with E-state index < -0.39 is 0 Å². The highest BCUT2D eigenvalue weighted by molar-refractivity contribution is 5.91. The number of rotatable bonds is 3. The smallest absolute Gasteiger partial charge is 0.338 e. The highest BCUT2D eigenvalue weighted by Crippen LogP contribution is 2.18. The third-order valence-corrected chi connectivity index (χ3v) is 3.75. The molecular weight excluding hydrogens is 240 g/mol. The van der Waals surface area contributed by atoms with Crippen molar-refractivity contribution in [3.8, 4) is 0 Å². The molecule has 1 heterocycles. The van der Waals surface area contributed by atoms with Crippen molar-refractivity contribution < 1.29 is 9.53 Å². The molecule has 1 aliphatic rings. The van der Waals surface area contributed by atoms with Crippen molar-refractivity contribution in [2.45, 2.75) is 20.4 Å². The molecule has 0 amide bonds. The zero-order valence-corrected chi connectivity index (χ0v) is 12.0. The summed E-state index contributed by atoms with van der Waals surface area (Å²) < 4.78 is 4.85. The van der Waals surface area contributed by atoms with Gasteiger partial charge in [0, 0.05) is 32.7 Å². The van der Waals surface area contributed by atoms with Crippen LogP contribution in [0.4, 0.5) is 0 Å². The van der Waals surface area contributed by atoms with E-state index in [1.54, 1.807) is 0 Å². The van der Waals surface area contributed by atoms with E-state index >= 15 is 0 Å². The summed E-state index contributed by atoms with van der Waals surface area (Å²) in [4.78, 5) is 14.2. The van der Waals surface area contributed by atoms with Gasteiger partial charge in [-0.15, -0.1) is 0 Å². The fraction of sp³-hybridized carbons (Fsp3) is 0.533. The lowest BCUT2D eigenvalue weighted by atomic mass is 9.99. The van der Waals surface area contributed by atoms with Gasteiger partial charge in [0.15, 0.2) is 0 Å². The maximum absolute atomic E-state index is 11.8. The van der Waals surface area contributed by atoms with Gasteiger partial charge in [-0.1, -0.05) is 6.07 Å². The minimum Gasteiger partial charge on any atom is -0.465 e. The lowest BCUT2D eigenvalue weighted by molar-refractivity contribution is 0.0599. The average molecular weight is 262 g/mol. The number of ether oxygens (including phenoxy) is 1. The number of nitrogens with one attached hydrogen (secondary N) is 1. The molecule has 104 valence electrons. The lowest BCUT2D eigenvalue weighted by Crippen LogP contribution is -2.42. The van der Waals surface area contributed by atoms with Crippen molar-refractivity contribution in [2.75, 3.05) is 33.3 Å². The summed E-state index contributed by atoms with van der Waals surface area (Å²) in [5.74, 6) is -0.247. The first-order valence-corrected chi connectivity index (χ1v) is 6.73. The molecule has 1 aromatic rings. The molecule has 1 aromatic carbocycles. The molecule has 4 heteroatoms. The first kappa shape index (κ1) is 14.0. The summed E-state index contributed by atoms with van der Waals surface area (Å²) >= 11 is 0. The van der Waals surface area contributed by atoms with Gasteiger partial charge in [0.2, 0.25) is 0 Å². The molecule has 0 spiro atoms. The molecule has 1 N–H and O–H groups in total. The second-order valence-electron chi connectivity index (χ2n) is 5.10. The summed E-state index contributed by atoms with van der Waals surface area (Å²) in [7, 11) is 1.43. The molecule has 19 heavy (non-hydrogen) atoms. The number of methoxy groups -OCH3 is 1. The summed E-state index contributed by atoms with van der Waals surface area (Å²) in [5.41, 5.74) is 4.03. The molecule has 0 radical (unpaired) electrons. The Kier molecular flexibility index (Phi) is 4.56. The number of hydrogen-bond donors (Lipinski definition) is 1. The largest absolute Gasteiger partial charge is 0.465 e. The Morgan fingerprint density at radius 2 is 2.00 bits per heavy atom. The maximum atomic E-state index is 11.8. The third-order valence-electron chi connectivity index (χ3n) is 3.75. The number of piperazine rings is 1. The highest BCUT2D eigenvalue weighted by atomic mass is 16.5. The van der Waals surface area contributed by atoms with Crippen LogP contribution >= 0.6 is 0 Å². The minimum atomic E-state index is -0.247. The number of esters is 1. The molecule has 1 saturated heterocycles. The second-order valence-corrected chi connectivity index (χ2v) is 5.10. The second kappa shape index (κ2) is 6.17. The van der Waals surface area contributed by atoms with E-state index in [2.05, 4.69) is 16.3 Å². The van der Waals surface area contributed by atoms with Gasteiger partial charge in [-0.05, 0) is 36.6 Å². The molecule has 0 unspecified atom stereocenters. The van der Waals surface area contributed by atoms with Crippen molar-refractivity contribution in [3.63, 3.8) is 0 Å². The van der Waals surface area contributed by atoms with Gasteiger partial charge in [-0.25, -0.2) is 4.79 Å². The first-order chi connectivity index (χ1) is 9.11. The van der Waals surface area contributed by atoms with E-state index in [-0.39, 0.29) is 5.97 Å². The summed E-state index contributed by atoms with van der Waals surface area (Å²) in [6.45, 7) is 9.09. The van der Waals surface area contributed by atoms with Crippen LogP contribution in [-0.4, -0.2) is 44.2 Å². The summed E-state index contributed by atoms with van der Waals surface area (Å²) in [5, 5.41) is 3.34. The van der Waals surface area contributed by atoms with E-state index in [0.29, 0.717) is 5.56 Å². The van der Waals surface area contributed by atoms with Crippen LogP contribution in [0.15, 0.2) is 12.1 Å². The fourth-order valence-electron chi connectivity index (χ4n) is 2.47. The van der Waals surface area contributed by atoms with Gasteiger partial charge in [0.25, 0.3) is 0 Å². The first-order valence-electron chi connectivity index (χ1n) is 6.73. The Morgan fingerprint density at radius 3 is 2.63 bits per heavy atom. The Labute approximate surface area is 114 Å². The van der Waals surface area contributed by atoms with E-state index in [0.717, 1.165) is 43.9 Å². The number of carbonyl (C=O) groups is 1. The molecule has 0 atom stereocenters. The van der Waals surface area contributed by atoms with Crippen LogP contribution in [0.3, 0.4) is 0 Å². The molecule has 0 aliphatic carbocycles. The molecule has 1 fully saturated rings. The number of hydrogen-bond acceptors (Lipinski definition) is 4. The summed E-state index contributed by atoms with van der Waals surface area (Å²) in [6, 6.07) is 4.14. The Morgan fingerprint density at radius 1 is 1.32 bits per heavy atom. The van der Waals surface area contributed by atoms with Crippen LogP contribution in [-0.2, 0) is 11.3 Å². The van der Waals surface area contributed by atoms with Gasteiger partial charge in [0.05, 0.1) is 12.7 Å². The van der Waals surface area contributed by atoms with Crippen molar-refractivity contribution >= 4 is 5.97 Å². The van der Waals surface area contributed by atoms with E-state index in [1.165, 1.54) is 12.7 Å². The standard InChI is InChI=1S/C15H22N2O2/c1-11-8-13(10-17-6-4-16-5-7-17)9-14(12(11)2)15(18)19-3/h8-9,16H,4-7,10H2,1-3H3. The predicted octanol–water partition coefficient (Wildman–Crippen LogP) is 1.50. The molecule has 0 saturated carbocycles. The quantitative estimate of drug-likeness (QED) is 0.838. The van der Waals surface area contributed by atoms with Crippen molar-refractivity contribution in [3.05, 3.63) is 34.4 Å². The number of benzene rings is 1. The molecule has 0 aromatic heterocycles. The summed E-state index contributed by atoms with van der Waals surface area (Å²) in [6.07, 6.45) is 0. The van der Waals surface area contributed by atoms with Crippen molar-refractivity contribution in [1.29, 1.82) is 0 Å². The van der Waals surface area contributed by atoms with Crippen molar-refractivity contribution in [1.82, 2.24) is 10.2 Å². The fourth-order valence-corrected chi connectivity index (χ4v) is 2.47. The third kappa shape index (κ3) is 3.33. The monoisotopic (exact) mass is 262 g/mol. The Bertz CT molecular complexity index is 465. The topological polar surface area (TPSA) is 41.6 Å². The molecule has 4 nitrogen and oxygen atoms in total. The van der Waals surface area contributed by atoms with Crippen LogP contribution in [0.5, 0.6) is 0 Å². The van der Waals surface area contributed by atoms with Crippen LogP contribution in [0, 0.1) is 13.8 Å². The van der Waals surface area contributed by atoms with Gasteiger partial charge >= 0.3 is 5.97 Å². The number of aryl methyl sites for hydroxylation is 1. The maximum Gasteiger partial charge on any atom is 0.338 e. The van der Waals surface area contributed by atoms with Crippen LogP contribution in [0.25, 0.3) is 0 Å². The zero-order chi connectivity index (χ0) is 13.8. The average Bonchev–Trinajstić information content (AvgIpc) is 2.43. The minimum absolute atomic E-state index is 0.247. The van der Waals surface area contributed by atoms with Gasteiger partial charge in [-0.3, -0.25) is 4.90 Å². The zero-order valence-electron chi connectivity index (χ0n) is 12.0. The molecule has 0 bridgehead atoms. The van der Waals surface area contributed by atoms with E-state index in [4.69, 9.17) is 4.74 Å². The SMILES string of the molecule is COC(=O)c1cc(CN2CCNCC2)cc(C)c1C. The van der Waals surface area contributed by atoms with Gasteiger partial charge < -0.3 is 10.1 Å².